The van der Waals surface area contributed by atoms with Crippen molar-refractivity contribution in [3.63, 3.8) is 0 Å². The summed E-state index contributed by atoms with van der Waals surface area (Å²) >= 11 is 5.65. The second-order valence-electron chi connectivity index (χ2n) is 7.44. The number of carbonyl (C=O) groups is 1. The molecule has 0 unspecified atom stereocenters. The van der Waals surface area contributed by atoms with Crippen LogP contribution in [0.3, 0.4) is 0 Å². The molecular formula is C25H23ClF3NO3. The highest BCUT2D eigenvalue weighted by Crippen LogP contribution is 2.36. The van der Waals surface area contributed by atoms with Crippen molar-refractivity contribution in [3.05, 3.63) is 87.4 Å². The molecule has 0 aliphatic rings. The summed E-state index contributed by atoms with van der Waals surface area (Å²) in [4.78, 5) is 12.7. The monoisotopic (exact) mass is 477 g/mol. The lowest BCUT2D eigenvalue weighted by Crippen LogP contribution is -2.14. The molecule has 33 heavy (non-hydrogen) atoms. The van der Waals surface area contributed by atoms with Gasteiger partial charge in [0.2, 0.25) is 0 Å². The number of hydrogen-bond acceptors (Lipinski definition) is 3. The first-order chi connectivity index (χ1) is 15.6. The molecule has 0 aliphatic carbocycles. The van der Waals surface area contributed by atoms with Crippen LogP contribution in [0, 0.1) is 13.8 Å². The highest BCUT2D eigenvalue weighted by Gasteiger charge is 2.33. The molecule has 0 fully saturated rings. The van der Waals surface area contributed by atoms with E-state index in [1.807, 2.05) is 39.0 Å². The van der Waals surface area contributed by atoms with Crippen LogP contribution in [0.25, 0.3) is 0 Å². The fourth-order valence-corrected chi connectivity index (χ4v) is 3.34. The standard InChI is InChI=1S/C25H23ClF3NO3/c1-4-32-23-10-6-17(12-18(23)14-33-20-8-5-15(2)16(3)11-20)24(31)30-19-7-9-22(26)21(13-19)25(27,28)29/h5-13H,4,14H2,1-3H3,(H,30,31). The number of aryl methyl sites for hydroxylation is 2. The minimum atomic E-state index is -4.63. The number of anilines is 1. The molecule has 3 aromatic carbocycles. The summed E-state index contributed by atoms with van der Waals surface area (Å²) in [6.45, 7) is 6.41. The number of alkyl halides is 3. The molecule has 0 aliphatic heterocycles. The molecule has 0 saturated carbocycles. The van der Waals surface area contributed by atoms with E-state index >= 15 is 0 Å². The van der Waals surface area contributed by atoms with Gasteiger partial charge in [-0.05, 0) is 80.4 Å². The number of nitrogens with one attached hydrogen (secondary N) is 1. The smallest absolute Gasteiger partial charge is 0.417 e. The van der Waals surface area contributed by atoms with Gasteiger partial charge in [-0.2, -0.15) is 13.2 Å². The first-order valence-electron chi connectivity index (χ1n) is 10.2. The Morgan fingerprint density at radius 3 is 2.39 bits per heavy atom. The van der Waals surface area contributed by atoms with E-state index in [9.17, 15) is 18.0 Å². The van der Waals surface area contributed by atoms with Gasteiger partial charge in [0.05, 0.1) is 17.2 Å². The Hall–Kier alpha value is -3.19. The summed E-state index contributed by atoms with van der Waals surface area (Å²) in [6, 6.07) is 13.7. The molecule has 0 saturated heterocycles. The summed E-state index contributed by atoms with van der Waals surface area (Å²) in [6.07, 6.45) is -4.63. The van der Waals surface area contributed by atoms with Gasteiger partial charge in [0.1, 0.15) is 18.1 Å². The second kappa shape index (κ2) is 10.2. The summed E-state index contributed by atoms with van der Waals surface area (Å²) in [5, 5.41) is 2.05. The molecule has 3 rings (SSSR count). The Bertz CT molecular complexity index is 1160. The van der Waals surface area contributed by atoms with Crippen molar-refractivity contribution in [2.75, 3.05) is 11.9 Å². The van der Waals surface area contributed by atoms with Crippen molar-refractivity contribution in [2.24, 2.45) is 0 Å². The second-order valence-corrected chi connectivity index (χ2v) is 7.84. The third-order valence-corrected chi connectivity index (χ3v) is 5.35. The molecule has 0 aromatic heterocycles. The third-order valence-electron chi connectivity index (χ3n) is 5.02. The van der Waals surface area contributed by atoms with Crippen LogP contribution in [0.2, 0.25) is 5.02 Å². The van der Waals surface area contributed by atoms with Crippen LogP contribution >= 0.6 is 11.6 Å². The zero-order valence-electron chi connectivity index (χ0n) is 18.3. The van der Waals surface area contributed by atoms with Crippen molar-refractivity contribution in [2.45, 2.75) is 33.6 Å². The van der Waals surface area contributed by atoms with E-state index in [0.717, 1.165) is 23.3 Å². The molecule has 1 amide bonds. The first kappa shape index (κ1) is 24.5. The number of benzene rings is 3. The van der Waals surface area contributed by atoms with Crippen LogP contribution in [-0.4, -0.2) is 12.5 Å². The molecule has 8 heteroatoms. The Morgan fingerprint density at radius 1 is 0.970 bits per heavy atom. The largest absolute Gasteiger partial charge is 0.493 e. The van der Waals surface area contributed by atoms with Crippen LogP contribution in [0.1, 0.15) is 39.5 Å². The van der Waals surface area contributed by atoms with Crippen LogP contribution in [0.4, 0.5) is 18.9 Å². The van der Waals surface area contributed by atoms with Crippen LogP contribution in [0.15, 0.2) is 54.6 Å². The van der Waals surface area contributed by atoms with Gasteiger partial charge in [0.15, 0.2) is 0 Å². The molecule has 0 bridgehead atoms. The maximum absolute atomic E-state index is 13.1. The highest BCUT2D eigenvalue weighted by molar-refractivity contribution is 6.31. The van der Waals surface area contributed by atoms with E-state index in [4.69, 9.17) is 21.1 Å². The quantitative estimate of drug-likeness (QED) is 0.391. The van der Waals surface area contributed by atoms with Crippen molar-refractivity contribution < 1.29 is 27.4 Å². The van der Waals surface area contributed by atoms with E-state index in [1.165, 1.54) is 6.07 Å². The highest BCUT2D eigenvalue weighted by atomic mass is 35.5. The van der Waals surface area contributed by atoms with Crippen LogP contribution in [0.5, 0.6) is 11.5 Å². The van der Waals surface area contributed by atoms with Crippen LogP contribution < -0.4 is 14.8 Å². The molecule has 4 nitrogen and oxygen atoms in total. The lowest BCUT2D eigenvalue weighted by molar-refractivity contribution is -0.137. The predicted octanol–water partition coefficient (Wildman–Crippen LogP) is 7.21. The summed E-state index contributed by atoms with van der Waals surface area (Å²) in [5.74, 6) is 0.668. The Morgan fingerprint density at radius 2 is 1.73 bits per heavy atom. The summed E-state index contributed by atoms with van der Waals surface area (Å²) < 4.78 is 50.8. The fraction of sp³-hybridized carbons (Fsp3) is 0.240. The van der Waals surface area contributed by atoms with Gasteiger partial charge in [-0.1, -0.05) is 17.7 Å². The summed E-state index contributed by atoms with van der Waals surface area (Å²) in [7, 11) is 0. The molecule has 3 aromatic rings. The van der Waals surface area contributed by atoms with Crippen molar-refractivity contribution in [1.29, 1.82) is 0 Å². The molecular weight excluding hydrogens is 455 g/mol. The predicted molar refractivity (Wildman–Crippen MR) is 122 cm³/mol. The van der Waals surface area contributed by atoms with Crippen molar-refractivity contribution in [3.8, 4) is 11.5 Å². The van der Waals surface area contributed by atoms with Crippen molar-refractivity contribution >= 4 is 23.2 Å². The molecule has 0 atom stereocenters. The molecule has 0 radical (unpaired) electrons. The molecule has 1 N–H and O–H groups in total. The summed E-state index contributed by atoms with van der Waals surface area (Å²) in [5.41, 5.74) is 2.09. The Kier molecular flexibility index (Phi) is 7.53. The van der Waals surface area contributed by atoms with E-state index in [1.54, 1.807) is 18.2 Å². The number of ether oxygens (including phenoxy) is 2. The number of halogens is 4. The number of carbonyl (C=O) groups excluding carboxylic acids is 1. The van der Waals surface area contributed by atoms with E-state index in [0.29, 0.717) is 23.7 Å². The van der Waals surface area contributed by atoms with E-state index in [2.05, 4.69) is 5.32 Å². The molecule has 0 heterocycles. The van der Waals surface area contributed by atoms with E-state index < -0.39 is 22.7 Å². The van der Waals surface area contributed by atoms with Gasteiger partial charge in [-0.15, -0.1) is 0 Å². The third kappa shape index (κ3) is 6.20. The maximum Gasteiger partial charge on any atom is 0.417 e. The first-order valence-corrected chi connectivity index (χ1v) is 10.6. The van der Waals surface area contributed by atoms with Gasteiger partial charge < -0.3 is 14.8 Å². The lowest BCUT2D eigenvalue weighted by atomic mass is 10.1. The van der Waals surface area contributed by atoms with Gasteiger partial charge in [0, 0.05) is 16.8 Å². The van der Waals surface area contributed by atoms with Gasteiger partial charge >= 0.3 is 6.18 Å². The normalized spacial score (nSPS) is 11.2. The Labute approximate surface area is 195 Å². The number of rotatable bonds is 7. The zero-order valence-corrected chi connectivity index (χ0v) is 19.1. The topological polar surface area (TPSA) is 47.6 Å². The zero-order chi connectivity index (χ0) is 24.2. The maximum atomic E-state index is 13.1. The average molecular weight is 478 g/mol. The van der Waals surface area contributed by atoms with Gasteiger partial charge in [0.25, 0.3) is 5.91 Å². The minimum Gasteiger partial charge on any atom is -0.493 e. The number of hydrogen-bond donors (Lipinski definition) is 1. The fourth-order valence-electron chi connectivity index (χ4n) is 3.12. The lowest BCUT2D eigenvalue weighted by Gasteiger charge is -2.15. The van der Waals surface area contributed by atoms with Crippen LogP contribution in [-0.2, 0) is 12.8 Å². The Balaban J connectivity index is 1.81. The molecule has 174 valence electrons. The number of amides is 1. The SMILES string of the molecule is CCOc1ccc(C(=O)Nc2ccc(Cl)c(C(F)(F)F)c2)cc1COc1ccc(C)c(C)c1. The van der Waals surface area contributed by atoms with Crippen molar-refractivity contribution in [1.82, 2.24) is 0 Å². The van der Waals surface area contributed by atoms with Gasteiger partial charge in [-0.25, -0.2) is 0 Å². The molecule has 0 spiro atoms. The van der Waals surface area contributed by atoms with E-state index in [-0.39, 0.29) is 17.9 Å². The minimum absolute atomic E-state index is 0.0152. The van der Waals surface area contributed by atoms with Gasteiger partial charge in [-0.3, -0.25) is 4.79 Å². The average Bonchev–Trinajstić information content (AvgIpc) is 2.76.